The van der Waals surface area contributed by atoms with Crippen LogP contribution in [-0.2, 0) is 9.22 Å². The van der Waals surface area contributed by atoms with Crippen molar-refractivity contribution in [1.82, 2.24) is 5.32 Å². The maximum absolute atomic E-state index is 12.2. The number of hydrogen-bond acceptors (Lipinski definition) is 2. The summed E-state index contributed by atoms with van der Waals surface area (Å²) in [5.41, 5.74) is 0. The van der Waals surface area contributed by atoms with Crippen LogP contribution in [0.1, 0.15) is 47.0 Å². The molecule has 0 fully saturated rings. The molecule has 0 aromatic rings. The summed E-state index contributed by atoms with van der Waals surface area (Å²) in [5, 5.41) is 3.18. The number of hydrogen-bond donors (Lipinski definition) is 1. The van der Waals surface area contributed by atoms with Gasteiger partial charge >= 0.3 is 0 Å². The first-order valence-corrected chi connectivity index (χ1v) is 10.7. The van der Waals surface area contributed by atoms with Crippen molar-refractivity contribution < 1.29 is 9.22 Å². The molecule has 1 rings (SSSR count). The first kappa shape index (κ1) is 17.4. The molecule has 0 saturated heterocycles. The Hall–Kier alpha value is -0.613. The number of amides is 1. The fourth-order valence-corrected chi connectivity index (χ4v) is 3.28. The number of carbonyl (C=O) groups excluding carboxylic acids is 1. The fraction of sp³-hybridized carbons (Fsp3) is 0.812. The quantitative estimate of drug-likeness (QED) is 0.620. The predicted octanol–water partition coefficient (Wildman–Crippen LogP) is 3.87. The first-order chi connectivity index (χ1) is 9.15. The molecule has 1 aliphatic rings. The third-order valence-electron chi connectivity index (χ3n) is 4.57. The van der Waals surface area contributed by atoms with Gasteiger partial charge in [0.05, 0.1) is 12.0 Å². The summed E-state index contributed by atoms with van der Waals surface area (Å²) < 4.78 is 6.45. The minimum Gasteiger partial charge on any atom is -0.410 e. The topological polar surface area (TPSA) is 38.3 Å². The van der Waals surface area contributed by atoms with Crippen molar-refractivity contribution in [3.63, 3.8) is 0 Å². The van der Waals surface area contributed by atoms with Crippen molar-refractivity contribution in [3.05, 3.63) is 12.2 Å². The van der Waals surface area contributed by atoms with Gasteiger partial charge in [-0.1, -0.05) is 39.8 Å². The van der Waals surface area contributed by atoms with E-state index in [4.69, 9.17) is 4.43 Å². The molecule has 1 aliphatic heterocycles. The van der Waals surface area contributed by atoms with E-state index in [9.17, 15) is 4.79 Å². The summed E-state index contributed by atoms with van der Waals surface area (Å²) in [6, 6.07) is 0. The van der Waals surface area contributed by atoms with E-state index in [0.29, 0.717) is 0 Å². The van der Waals surface area contributed by atoms with E-state index >= 15 is 0 Å². The summed E-state index contributed by atoms with van der Waals surface area (Å²) in [4.78, 5) is 12.2. The van der Waals surface area contributed by atoms with E-state index < -0.39 is 8.32 Å². The second-order valence-corrected chi connectivity index (χ2v) is 12.1. The molecule has 1 N–H and O–H groups in total. The van der Waals surface area contributed by atoms with E-state index in [1.807, 2.05) is 6.92 Å². The number of nitrogens with one attached hydrogen (secondary N) is 1. The van der Waals surface area contributed by atoms with Crippen LogP contribution in [0.2, 0.25) is 18.1 Å². The molecule has 20 heavy (non-hydrogen) atoms. The number of carbonyl (C=O) groups is 1. The van der Waals surface area contributed by atoms with Gasteiger partial charge in [-0.25, -0.2) is 0 Å². The Kier molecular flexibility index (Phi) is 6.01. The lowest BCUT2D eigenvalue weighted by atomic mass is 10.0. The zero-order valence-corrected chi connectivity index (χ0v) is 15.0. The van der Waals surface area contributed by atoms with Crippen LogP contribution in [-0.4, -0.2) is 26.9 Å². The van der Waals surface area contributed by atoms with Crippen molar-refractivity contribution in [2.45, 2.75) is 71.2 Å². The van der Waals surface area contributed by atoms with Gasteiger partial charge in [0.25, 0.3) is 0 Å². The molecular weight excluding hydrogens is 266 g/mol. The normalized spacial score (nSPS) is 27.8. The Balaban J connectivity index is 2.88. The molecule has 0 aromatic heterocycles. The largest absolute Gasteiger partial charge is 0.410 e. The molecule has 0 unspecified atom stereocenters. The van der Waals surface area contributed by atoms with Crippen molar-refractivity contribution in [2.24, 2.45) is 5.92 Å². The molecule has 0 bridgehead atoms. The van der Waals surface area contributed by atoms with E-state index in [0.717, 1.165) is 25.8 Å². The highest BCUT2D eigenvalue weighted by molar-refractivity contribution is 6.74. The predicted molar refractivity (Wildman–Crippen MR) is 87.2 cm³/mol. The molecule has 3 nitrogen and oxygen atoms in total. The van der Waals surface area contributed by atoms with Gasteiger partial charge in [0.2, 0.25) is 5.91 Å². The van der Waals surface area contributed by atoms with Gasteiger partial charge in [0, 0.05) is 6.54 Å². The minimum absolute atomic E-state index is 0.103. The van der Waals surface area contributed by atoms with Gasteiger partial charge in [-0.05, 0) is 37.4 Å². The lowest BCUT2D eigenvalue weighted by molar-refractivity contribution is -0.126. The van der Waals surface area contributed by atoms with Crippen LogP contribution in [0.15, 0.2) is 12.2 Å². The van der Waals surface area contributed by atoms with Crippen LogP contribution in [0.4, 0.5) is 0 Å². The van der Waals surface area contributed by atoms with Gasteiger partial charge in [-0.2, -0.15) is 0 Å². The minimum atomic E-state index is -1.86. The molecule has 0 spiro atoms. The van der Waals surface area contributed by atoms with Gasteiger partial charge in [0.1, 0.15) is 0 Å². The summed E-state index contributed by atoms with van der Waals surface area (Å²) in [7, 11) is -1.86. The monoisotopic (exact) mass is 297 g/mol. The molecule has 0 aliphatic carbocycles. The summed E-state index contributed by atoms with van der Waals surface area (Å²) in [6.07, 6.45) is 7.44. The van der Waals surface area contributed by atoms with Crippen molar-refractivity contribution in [1.29, 1.82) is 0 Å². The Morgan fingerprint density at radius 2 is 1.95 bits per heavy atom. The maximum Gasteiger partial charge on any atom is 0.225 e. The Morgan fingerprint density at radius 1 is 1.30 bits per heavy atom. The van der Waals surface area contributed by atoms with Gasteiger partial charge < -0.3 is 9.74 Å². The SMILES string of the molecule is C[C@@H]1C(=O)NCCCC/C=C/[C@@H]1O[Si](C)(C)C(C)(C)C. The zero-order valence-electron chi connectivity index (χ0n) is 14.0. The van der Waals surface area contributed by atoms with Gasteiger partial charge in [0.15, 0.2) is 8.32 Å². The molecule has 1 amide bonds. The van der Waals surface area contributed by atoms with Crippen LogP contribution in [0.5, 0.6) is 0 Å². The van der Waals surface area contributed by atoms with Crippen molar-refractivity contribution >= 4 is 14.2 Å². The van der Waals surface area contributed by atoms with Gasteiger partial charge in [-0.15, -0.1) is 0 Å². The molecule has 0 radical (unpaired) electrons. The Bertz CT molecular complexity index is 358. The third kappa shape index (κ3) is 4.74. The second kappa shape index (κ2) is 6.90. The number of allylic oxidation sites excluding steroid dienone is 1. The lowest BCUT2D eigenvalue weighted by Crippen LogP contribution is -2.47. The van der Waals surface area contributed by atoms with Crippen LogP contribution in [0.3, 0.4) is 0 Å². The van der Waals surface area contributed by atoms with E-state index in [-0.39, 0.29) is 23.0 Å². The lowest BCUT2D eigenvalue weighted by Gasteiger charge is -2.40. The fourth-order valence-electron chi connectivity index (χ4n) is 1.96. The van der Waals surface area contributed by atoms with E-state index in [1.54, 1.807) is 0 Å². The molecule has 0 saturated carbocycles. The molecular formula is C16H31NO2Si. The smallest absolute Gasteiger partial charge is 0.225 e. The highest BCUT2D eigenvalue weighted by atomic mass is 28.4. The van der Waals surface area contributed by atoms with Crippen LogP contribution in [0, 0.1) is 5.92 Å². The molecule has 4 heteroatoms. The summed E-state index contributed by atoms with van der Waals surface area (Å²) in [5.74, 6) is -0.0151. The standard InChI is InChI=1S/C16H31NO2Si/c1-13-14(19-20(5,6)16(2,3)4)11-9-7-8-10-12-17-15(13)18/h9,11,13-14H,7-8,10,12H2,1-6H3,(H,17,18)/b11-9+/t13-,14-/m0/s1. The van der Waals surface area contributed by atoms with E-state index in [1.165, 1.54) is 0 Å². The highest BCUT2D eigenvalue weighted by Crippen LogP contribution is 2.38. The summed E-state index contributed by atoms with van der Waals surface area (Å²) >= 11 is 0. The average molecular weight is 298 g/mol. The van der Waals surface area contributed by atoms with Crippen molar-refractivity contribution in [2.75, 3.05) is 6.54 Å². The Morgan fingerprint density at radius 3 is 2.55 bits per heavy atom. The first-order valence-electron chi connectivity index (χ1n) is 7.77. The van der Waals surface area contributed by atoms with Crippen LogP contribution in [0.25, 0.3) is 0 Å². The van der Waals surface area contributed by atoms with Crippen molar-refractivity contribution in [3.8, 4) is 0 Å². The van der Waals surface area contributed by atoms with E-state index in [2.05, 4.69) is 51.3 Å². The summed E-state index contributed by atoms with van der Waals surface area (Å²) in [6.45, 7) is 13.9. The third-order valence-corrected chi connectivity index (χ3v) is 9.04. The zero-order chi connectivity index (χ0) is 15.4. The average Bonchev–Trinajstić information content (AvgIpc) is 2.32. The molecule has 0 aromatic carbocycles. The Labute approximate surface area is 125 Å². The highest BCUT2D eigenvalue weighted by Gasteiger charge is 2.40. The molecule has 1 heterocycles. The van der Waals surface area contributed by atoms with Crippen LogP contribution >= 0.6 is 0 Å². The molecule has 2 atom stereocenters. The second-order valence-electron chi connectivity index (χ2n) is 7.35. The van der Waals surface area contributed by atoms with Gasteiger partial charge in [-0.3, -0.25) is 4.79 Å². The maximum atomic E-state index is 12.2. The molecule has 116 valence electrons. The van der Waals surface area contributed by atoms with Crippen LogP contribution < -0.4 is 5.32 Å². The number of rotatable bonds is 2.